The minimum atomic E-state index is -0.533. The molecule has 1 atom stereocenters. The van der Waals surface area contributed by atoms with Gasteiger partial charge in [-0.3, -0.25) is 4.90 Å². The second kappa shape index (κ2) is 5.88. The number of nitrogens with zero attached hydrogens (tertiary/aromatic N) is 1. The molecule has 1 aliphatic rings. The minimum Gasteiger partial charge on any atom is -0.496 e. The molecule has 3 heteroatoms. The van der Waals surface area contributed by atoms with Crippen LogP contribution in [0.15, 0.2) is 42.5 Å². The Morgan fingerprint density at radius 1 is 1.14 bits per heavy atom. The summed E-state index contributed by atoms with van der Waals surface area (Å²) in [6, 6.07) is 14.4. The van der Waals surface area contributed by atoms with Crippen LogP contribution < -0.4 is 4.74 Å². The first-order chi connectivity index (χ1) is 10.2. The molecule has 0 saturated heterocycles. The molecule has 1 aliphatic heterocycles. The number of hydrogen-bond donors (Lipinski definition) is 1. The summed E-state index contributed by atoms with van der Waals surface area (Å²) in [7, 11) is 1.65. The number of aryl methyl sites for hydroxylation is 1. The lowest BCUT2D eigenvalue weighted by Crippen LogP contribution is -2.23. The first-order valence-electron chi connectivity index (χ1n) is 7.29. The fourth-order valence-corrected chi connectivity index (χ4v) is 2.99. The molecule has 1 heterocycles. The highest BCUT2D eigenvalue weighted by molar-refractivity contribution is 5.39. The first-order valence-corrected chi connectivity index (χ1v) is 7.29. The third-order valence-corrected chi connectivity index (χ3v) is 4.08. The second-order valence-corrected chi connectivity index (χ2v) is 5.70. The fourth-order valence-electron chi connectivity index (χ4n) is 2.99. The van der Waals surface area contributed by atoms with E-state index in [9.17, 15) is 5.11 Å². The average molecular weight is 283 g/mol. The van der Waals surface area contributed by atoms with Crippen LogP contribution in [0.2, 0.25) is 0 Å². The third-order valence-electron chi connectivity index (χ3n) is 4.08. The van der Waals surface area contributed by atoms with Gasteiger partial charge < -0.3 is 9.84 Å². The van der Waals surface area contributed by atoms with Gasteiger partial charge >= 0.3 is 0 Å². The maximum absolute atomic E-state index is 10.6. The molecule has 1 N–H and O–H groups in total. The molecule has 0 spiro atoms. The van der Waals surface area contributed by atoms with E-state index in [1.165, 1.54) is 11.1 Å². The van der Waals surface area contributed by atoms with Crippen LogP contribution >= 0.6 is 0 Å². The summed E-state index contributed by atoms with van der Waals surface area (Å²) in [5, 5.41) is 10.6. The van der Waals surface area contributed by atoms with Gasteiger partial charge in [-0.15, -0.1) is 0 Å². The number of fused-ring (bicyclic) bond motifs is 1. The maximum atomic E-state index is 10.6. The van der Waals surface area contributed by atoms with Gasteiger partial charge in [-0.2, -0.15) is 0 Å². The summed E-state index contributed by atoms with van der Waals surface area (Å²) in [6.07, 6.45) is -0.533. The van der Waals surface area contributed by atoms with Crippen LogP contribution in [0, 0.1) is 6.92 Å². The summed E-state index contributed by atoms with van der Waals surface area (Å²) in [4.78, 5) is 2.27. The first kappa shape index (κ1) is 14.1. The molecule has 2 aromatic rings. The zero-order valence-corrected chi connectivity index (χ0v) is 12.5. The lowest BCUT2D eigenvalue weighted by atomic mass is 10.0. The molecule has 3 rings (SSSR count). The molecule has 0 bridgehead atoms. The Labute approximate surface area is 125 Å². The van der Waals surface area contributed by atoms with Crippen molar-refractivity contribution in [1.82, 2.24) is 4.90 Å². The van der Waals surface area contributed by atoms with Crippen molar-refractivity contribution in [1.29, 1.82) is 0 Å². The van der Waals surface area contributed by atoms with Crippen molar-refractivity contribution < 1.29 is 9.84 Å². The van der Waals surface area contributed by atoms with Crippen molar-refractivity contribution in [2.45, 2.75) is 26.1 Å². The zero-order chi connectivity index (χ0) is 14.8. The van der Waals surface area contributed by atoms with Gasteiger partial charge in [0.05, 0.1) is 13.2 Å². The standard InChI is InChI=1S/C18H21NO2/c1-13-7-8-18(21-2)16(9-13)17(20)12-19-10-14-5-3-4-6-15(14)11-19/h3-9,17,20H,10-12H2,1-2H3. The van der Waals surface area contributed by atoms with E-state index in [0.29, 0.717) is 6.54 Å². The van der Waals surface area contributed by atoms with Crippen molar-refractivity contribution in [2.24, 2.45) is 0 Å². The number of benzene rings is 2. The molecule has 110 valence electrons. The van der Waals surface area contributed by atoms with Gasteiger partial charge in [-0.05, 0) is 30.2 Å². The molecule has 2 aromatic carbocycles. The van der Waals surface area contributed by atoms with Crippen molar-refractivity contribution in [3.05, 3.63) is 64.7 Å². The quantitative estimate of drug-likeness (QED) is 0.936. The molecule has 1 unspecified atom stereocenters. The Morgan fingerprint density at radius 2 is 1.81 bits per heavy atom. The summed E-state index contributed by atoms with van der Waals surface area (Å²) < 4.78 is 5.37. The molecule has 0 aromatic heterocycles. The summed E-state index contributed by atoms with van der Waals surface area (Å²) in [5.74, 6) is 0.754. The van der Waals surface area contributed by atoms with E-state index in [1.807, 2.05) is 25.1 Å². The fraction of sp³-hybridized carbons (Fsp3) is 0.333. The van der Waals surface area contributed by atoms with Gasteiger partial charge in [0.2, 0.25) is 0 Å². The number of methoxy groups -OCH3 is 1. The highest BCUT2D eigenvalue weighted by Crippen LogP contribution is 2.29. The van der Waals surface area contributed by atoms with Crippen LogP contribution in [0.3, 0.4) is 0 Å². The van der Waals surface area contributed by atoms with Gasteiger partial charge in [-0.25, -0.2) is 0 Å². The van der Waals surface area contributed by atoms with Gasteiger partial charge in [0, 0.05) is 25.2 Å². The average Bonchev–Trinajstić information content (AvgIpc) is 2.89. The van der Waals surface area contributed by atoms with Crippen molar-refractivity contribution in [2.75, 3.05) is 13.7 Å². The monoisotopic (exact) mass is 283 g/mol. The molecule has 0 saturated carbocycles. The number of aliphatic hydroxyl groups is 1. The second-order valence-electron chi connectivity index (χ2n) is 5.70. The maximum Gasteiger partial charge on any atom is 0.124 e. The molecular weight excluding hydrogens is 262 g/mol. The van der Waals surface area contributed by atoms with Crippen LogP contribution in [-0.4, -0.2) is 23.7 Å². The Balaban J connectivity index is 1.73. The minimum absolute atomic E-state index is 0.533. The predicted octanol–water partition coefficient (Wildman–Crippen LogP) is 3.05. The molecule has 3 nitrogen and oxygen atoms in total. The highest BCUT2D eigenvalue weighted by atomic mass is 16.5. The van der Waals surface area contributed by atoms with Gasteiger partial charge in [-0.1, -0.05) is 35.9 Å². The highest BCUT2D eigenvalue weighted by Gasteiger charge is 2.22. The van der Waals surface area contributed by atoms with Crippen LogP contribution in [-0.2, 0) is 13.1 Å². The van der Waals surface area contributed by atoms with E-state index in [1.54, 1.807) is 7.11 Å². The Bertz CT molecular complexity index is 614. The van der Waals surface area contributed by atoms with Crippen LogP contribution in [0.4, 0.5) is 0 Å². The molecule has 0 fully saturated rings. The number of aliphatic hydroxyl groups excluding tert-OH is 1. The number of hydrogen-bond acceptors (Lipinski definition) is 3. The van der Waals surface area contributed by atoms with Crippen LogP contribution in [0.5, 0.6) is 5.75 Å². The molecule has 0 radical (unpaired) electrons. The lowest BCUT2D eigenvalue weighted by Gasteiger charge is -2.21. The summed E-state index contributed by atoms with van der Waals surface area (Å²) in [6.45, 7) is 4.46. The largest absolute Gasteiger partial charge is 0.496 e. The Morgan fingerprint density at radius 3 is 2.43 bits per heavy atom. The van der Waals surface area contributed by atoms with E-state index in [2.05, 4.69) is 29.2 Å². The van der Waals surface area contributed by atoms with Crippen LogP contribution in [0.1, 0.15) is 28.4 Å². The van der Waals surface area contributed by atoms with E-state index >= 15 is 0 Å². The molecular formula is C18H21NO2. The number of β-amino-alcohol motifs (C(OH)–C–C–N with tert-alkyl or cyclic N) is 1. The van der Waals surface area contributed by atoms with E-state index in [-0.39, 0.29) is 0 Å². The number of rotatable bonds is 4. The summed E-state index contributed by atoms with van der Waals surface area (Å²) in [5.41, 5.74) is 4.73. The normalized spacial score (nSPS) is 15.8. The van der Waals surface area contributed by atoms with Gasteiger partial charge in [0.1, 0.15) is 5.75 Å². The third kappa shape index (κ3) is 2.94. The molecule has 21 heavy (non-hydrogen) atoms. The Hall–Kier alpha value is -1.84. The smallest absolute Gasteiger partial charge is 0.124 e. The lowest BCUT2D eigenvalue weighted by molar-refractivity contribution is 0.110. The molecule has 0 aliphatic carbocycles. The molecule has 0 amide bonds. The van der Waals surface area contributed by atoms with Gasteiger partial charge in [0.15, 0.2) is 0 Å². The predicted molar refractivity (Wildman–Crippen MR) is 83.2 cm³/mol. The van der Waals surface area contributed by atoms with Gasteiger partial charge in [0.25, 0.3) is 0 Å². The Kier molecular flexibility index (Phi) is 3.95. The van der Waals surface area contributed by atoms with E-state index < -0.39 is 6.10 Å². The van der Waals surface area contributed by atoms with E-state index in [4.69, 9.17) is 4.74 Å². The zero-order valence-electron chi connectivity index (χ0n) is 12.5. The van der Waals surface area contributed by atoms with Crippen molar-refractivity contribution in [3.63, 3.8) is 0 Å². The van der Waals surface area contributed by atoms with Crippen LogP contribution in [0.25, 0.3) is 0 Å². The topological polar surface area (TPSA) is 32.7 Å². The van der Waals surface area contributed by atoms with Crippen molar-refractivity contribution in [3.8, 4) is 5.75 Å². The SMILES string of the molecule is COc1ccc(C)cc1C(O)CN1Cc2ccccc2C1. The summed E-state index contributed by atoms with van der Waals surface area (Å²) >= 11 is 0. The van der Waals surface area contributed by atoms with Crippen molar-refractivity contribution >= 4 is 0 Å². The van der Waals surface area contributed by atoms with E-state index in [0.717, 1.165) is 30.0 Å². The number of ether oxygens (including phenoxy) is 1.